The molecular weight excluding hydrogens is 285 g/mol. The average molecular weight is 298 g/mol. The normalized spacial score (nSPS) is 12.5. The Morgan fingerprint density at radius 1 is 1.41 bits per heavy atom. The predicted octanol–water partition coefficient (Wildman–Crippen LogP) is 3.49. The molecule has 1 aromatic heterocycles. The molecule has 2 rings (SSSR count). The van der Waals surface area contributed by atoms with Crippen molar-refractivity contribution in [3.05, 3.63) is 46.4 Å². The van der Waals surface area contributed by atoms with Gasteiger partial charge in [-0.3, -0.25) is 4.68 Å². The van der Waals surface area contributed by atoms with E-state index < -0.39 is 0 Å². The Morgan fingerprint density at radius 3 is 2.82 bits per heavy atom. The number of hydrogen-bond acceptors (Lipinski definition) is 2. The van der Waals surface area contributed by atoms with Crippen LogP contribution in [0.3, 0.4) is 0 Å². The first kappa shape index (κ1) is 12.1. The molecule has 17 heavy (non-hydrogen) atoms. The Balaban J connectivity index is 2.21. The molecular formula is C12H13BrFN3. The molecule has 0 radical (unpaired) electrons. The van der Waals surface area contributed by atoms with Gasteiger partial charge in [-0.25, -0.2) is 4.39 Å². The topological polar surface area (TPSA) is 29.9 Å². The van der Waals surface area contributed by atoms with Crippen LogP contribution in [-0.2, 0) is 7.05 Å². The fraction of sp³-hybridized carbons (Fsp3) is 0.250. The SMILES string of the molecule is CC(Nc1cc(F)ccc1Br)c1ccnn1C. The molecule has 1 heterocycles. The highest BCUT2D eigenvalue weighted by molar-refractivity contribution is 9.10. The van der Waals surface area contributed by atoms with Gasteiger partial charge in [0, 0.05) is 17.7 Å². The van der Waals surface area contributed by atoms with E-state index >= 15 is 0 Å². The van der Waals surface area contributed by atoms with E-state index in [4.69, 9.17) is 0 Å². The molecule has 0 saturated heterocycles. The molecule has 0 bridgehead atoms. The minimum Gasteiger partial charge on any atom is -0.376 e. The van der Waals surface area contributed by atoms with Crippen LogP contribution in [0.25, 0.3) is 0 Å². The molecule has 90 valence electrons. The summed E-state index contributed by atoms with van der Waals surface area (Å²) in [4.78, 5) is 0. The van der Waals surface area contributed by atoms with Crippen LogP contribution in [0.1, 0.15) is 18.7 Å². The lowest BCUT2D eigenvalue weighted by molar-refractivity contribution is 0.627. The second-order valence-electron chi connectivity index (χ2n) is 3.87. The van der Waals surface area contributed by atoms with E-state index in [1.54, 1.807) is 16.9 Å². The number of nitrogens with one attached hydrogen (secondary N) is 1. The number of hydrogen-bond donors (Lipinski definition) is 1. The highest BCUT2D eigenvalue weighted by atomic mass is 79.9. The molecule has 0 aliphatic rings. The van der Waals surface area contributed by atoms with Crippen molar-refractivity contribution in [1.29, 1.82) is 0 Å². The Bertz CT molecular complexity index is 524. The summed E-state index contributed by atoms with van der Waals surface area (Å²) in [5.74, 6) is -0.257. The molecule has 5 heteroatoms. The van der Waals surface area contributed by atoms with Crippen LogP contribution in [0.2, 0.25) is 0 Å². The van der Waals surface area contributed by atoms with E-state index in [0.29, 0.717) is 0 Å². The van der Waals surface area contributed by atoms with Crippen molar-refractivity contribution in [2.75, 3.05) is 5.32 Å². The Morgan fingerprint density at radius 2 is 2.18 bits per heavy atom. The van der Waals surface area contributed by atoms with E-state index in [1.165, 1.54) is 12.1 Å². The van der Waals surface area contributed by atoms with Gasteiger partial charge in [0.05, 0.1) is 17.4 Å². The Labute approximate surface area is 108 Å². The predicted molar refractivity (Wildman–Crippen MR) is 69.3 cm³/mol. The van der Waals surface area contributed by atoms with E-state index in [9.17, 15) is 4.39 Å². The van der Waals surface area contributed by atoms with Crippen molar-refractivity contribution in [1.82, 2.24) is 9.78 Å². The summed E-state index contributed by atoms with van der Waals surface area (Å²) >= 11 is 3.39. The van der Waals surface area contributed by atoms with Gasteiger partial charge in [0.25, 0.3) is 0 Å². The van der Waals surface area contributed by atoms with Gasteiger partial charge in [-0.2, -0.15) is 5.10 Å². The smallest absolute Gasteiger partial charge is 0.125 e. The van der Waals surface area contributed by atoms with E-state index in [-0.39, 0.29) is 11.9 Å². The molecule has 1 aromatic carbocycles. The van der Waals surface area contributed by atoms with Gasteiger partial charge in [0.1, 0.15) is 5.82 Å². The number of nitrogens with zero attached hydrogens (tertiary/aromatic N) is 2. The minimum atomic E-state index is -0.257. The maximum absolute atomic E-state index is 13.1. The largest absolute Gasteiger partial charge is 0.376 e. The molecule has 0 aliphatic heterocycles. The van der Waals surface area contributed by atoms with Crippen molar-refractivity contribution in [2.45, 2.75) is 13.0 Å². The first-order chi connectivity index (χ1) is 8.08. The van der Waals surface area contributed by atoms with Gasteiger partial charge in [-0.15, -0.1) is 0 Å². The van der Waals surface area contributed by atoms with Crippen LogP contribution in [0, 0.1) is 5.82 Å². The lowest BCUT2D eigenvalue weighted by Gasteiger charge is -2.16. The third kappa shape index (κ3) is 2.66. The van der Waals surface area contributed by atoms with E-state index in [1.807, 2.05) is 20.0 Å². The van der Waals surface area contributed by atoms with Gasteiger partial charge < -0.3 is 5.32 Å². The van der Waals surface area contributed by atoms with Crippen LogP contribution >= 0.6 is 15.9 Å². The van der Waals surface area contributed by atoms with Crippen LogP contribution in [0.5, 0.6) is 0 Å². The van der Waals surface area contributed by atoms with E-state index in [2.05, 4.69) is 26.3 Å². The summed E-state index contributed by atoms with van der Waals surface area (Å²) < 4.78 is 15.8. The summed E-state index contributed by atoms with van der Waals surface area (Å²) in [6.45, 7) is 2.01. The zero-order chi connectivity index (χ0) is 12.4. The van der Waals surface area contributed by atoms with Gasteiger partial charge in [-0.05, 0) is 47.1 Å². The van der Waals surface area contributed by atoms with Crippen molar-refractivity contribution in [3.63, 3.8) is 0 Å². The van der Waals surface area contributed by atoms with Crippen molar-refractivity contribution in [3.8, 4) is 0 Å². The zero-order valence-corrected chi connectivity index (χ0v) is 11.2. The number of anilines is 1. The van der Waals surface area contributed by atoms with Gasteiger partial charge in [0.2, 0.25) is 0 Å². The van der Waals surface area contributed by atoms with Crippen LogP contribution < -0.4 is 5.32 Å². The average Bonchev–Trinajstić information content (AvgIpc) is 2.70. The first-order valence-electron chi connectivity index (χ1n) is 5.27. The number of rotatable bonds is 3. The summed E-state index contributed by atoms with van der Waals surface area (Å²) in [6.07, 6.45) is 1.74. The Hall–Kier alpha value is -1.36. The highest BCUT2D eigenvalue weighted by Gasteiger charge is 2.11. The van der Waals surface area contributed by atoms with Gasteiger partial charge >= 0.3 is 0 Å². The lowest BCUT2D eigenvalue weighted by atomic mass is 10.2. The number of benzene rings is 1. The van der Waals surface area contributed by atoms with Gasteiger partial charge in [0.15, 0.2) is 0 Å². The molecule has 0 spiro atoms. The number of aryl methyl sites for hydroxylation is 1. The highest BCUT2D eigenvalue weighted by Crippen LogP contribution is 2.27. The maximum atomic E-state index is 13.1. The molecule has 0 aliphatic carbocycles. The number of halogens is 2. The van der Waals surface area contributed by atoms with E-state index in [0.717, 1.165) is 15.9 Å². The molecule has 1 N–H and O–H groups in total. The number of aromatic nitrogens is 2. The zero-order valence-electron chi connectivity index (χ0n) is 9.61. The molecule has 2 aromatic rings. The second-order valence-corrected chi connectivity index (χ2v) is 4.72. The quantitative estimate of drug-likeness (QED) is 0.940. The second kappa shape index (κ2) is 4.87. The standard InChI is InChI=1S/C12H13BrFN3/c1-8(12-5-6-15-17(12)2)16-11-7-9(14)3-4-10(11)13/h3-8,16H,1-2H3. The van der Waals surface area contributed by atoms with Gasteiger partial charge in [-0.1, -0.05) is 0 Å². The first-order valence-corrected chi connectivity index (χ1v) is 6.06. The molecule has 0 amide bonds. The third-order valence-corrected chi connectivity index (χ3v) is 3.29. The fourth-order valence-corrected chi connectivity index (χ4v) is 2.09. The molecule has 1 atom stereocenters. The van der Waals surface area contributed by atoms with Crippen LogP contribution in [0.15, 0.2) is 34.9 Å². The third-order valence-electron chi connectivity index (χ3n) is 2.60. The fourth-order valence-electron chi connectivity index (χ4n) is 1.72. The minimum absolute atomic E-state index is 0.0561. The summed E-state index contributed by atoms with van der Waals surface area (Å²) in [5.41, 5.74) is 1.78. The van der Waals surface area contributed by atoms with Crippen LogP contribution in [0.4, 0.5) is 10.1 Å². The summed E-state index contributed by atoms with van der Waals surface area (Å²) in [5, 5.41) is 7.36. The summed E-state index contributed by atoms with van der Waals surface area (Å²) in [6, 6.07) is 6.57. The molecule has 3 nitrogen and oxygen atoms in total. The van der Waals surface area contributed by atoms with Crippen molar-refractivity contribution >= 4 is 21.6 Å². The molecule has 0 saturated carbocycles. The monoisotopic (exact) mass is 297 g/mol. The summed E-state index contributed by atoms with van der Waals surface area (Å²) in [7, 11) is 1.88. The Kier molecular flexibility index (Phi) is 3.47. The van der Waals surface area contributed by atoms with Crippen molar-refractivity contribution in [2.24, 2.45) is 7.05 Å². The lowest BCUT2D eigenvalue weighted by Crippen LogP contribution is -2.11. The maximum Gasteiger partial charge on any atom is 0.125 e. The molecule has 0 fully saturated rings. The molecule has 1 unspecified atom stereocenters. The van der Waals surface area contributed by atoms with Crippen LogP contribution in [-0.4, -0.2) is 9.78 Å². The van der Waals surface area contributed by atoms with Crippen molar-refractivity contribution < 1.29 is 4.39 Å².